The van der Waals surface area contributed by atoms with Gasteiger partial charge in [0, 0.05) is 12.1 Å². The van der Waals surface area contributed by atoms with Gasteiger partial charge in [-0.2, -0.15) is 11.8 Å². The Hall–Kier alpha value is 0.310. The molecule has 0 spiro atoms. The Morgan fingerprint density at radius 3 is 2.35 bits per heavy atom. The molecule has 1 N–H and O–H groups in total. The normalized spacial score (nSPS) is 27.8. The molecular formula is C18H37NS. The van der Waals surface area contributed by atoms with E-state index < -0.39 is 0 Å². The number of rotatable bonds is 8. The maximum Gasteiger partial charge on any atom is 0.00967 e. The van der Waals surface area contributed by atoms with Gasteiger partial charge in [-0.3, -0.25) is 0 Å². The smallest absolute Gasteiger partial charge is 0.00967 e. The zero-order valence-electron chi connectivity index (χ0n) is 14.6. The highest BCUT2D eigenvalue weighted by atomic mass is 32.2. The Bertz CT molecular complexity index is 249. The summed E-state index contributed by atoms with van der Waals surface area (Å²) in [6.07, 6.45) is 13.8. The highest BCUT2D eigenvalue weighted by Crippen LogP contribution is 2.43. The third-order valence-electron chi connectivity index (χ3n) is 4.96. The molecule has 0 aliphatic heterocycles. The van der Waals surface area contributed by atoms with Crippen molar-refractivity contribution in [3.63, 3.8) is 0 Å². The monoisotopic (exact) mass is 299 g/mol. The zero-order chi connectivity index (χ0) is 15.1. The van der Waals surface area contributed by atoms with Crippen molar-refractivity contribution in [1.82, 2.24) is 5.32 Å². The van der Waals surface area contributed by atoms with Crippen molar-refractivity contribution < 1.29 is 0 Å². The van der Waals surface area contributed by atoms with Gasteiger partial charge in [-0.1, -0.05) is 26.2 Å². The lowest BCUT2D eigenvalue weighted by molar-refractivity contribution is 0.125. The summed E-state index contributed by atoms with van der Waals surface area (Å²) >= 11 is 2.01. The van der Waals surface area contributed by atoms with E-state index in [0.717, 1.165) is 5.92 Å². The Morgan fingerprint density at radius 1 is 1.20 bits per heavy atom. The van der Waals surface area contributed by atoms with E-state index in [2.05, 4.69) is 39.3 Å². The molecule has 1 saturated carbocycles. The summed E-state index contributed by atoms with van der Waals surface area (Å²) in [5, 5.41) is 3.79. The van der Waals surface area contributed by atoms with Gasteiger partial charge in [-0.25, -0.2) is 0 Å². The van der Waals surface area contributed by atoms with Crippen molar-refractivity contribution in [2.24, 2.45) is 11.3 Å². The van der Waals surface area contributed by atoms with Gasteiger partial charge in [0.1, 0.15) is 0 Å². The lowest BCUT2D eigenvalue weighted by Gasteiger charge is -2.42. The van der Waals surface area contributed by atoms with Crippen LogP contribution in [0.2, 0.25) is 0 Å². The van der Waals surface area contributed by atoms with Gasteiger partial charge in [0.25, 0.3) is 0 Å². The van der Waals surface area contributed by atoms with Crippen LogP contribution in [0.25, 0.3) is 0 Å². The number of hydrogen-bond acceptors (Lipinski definition) is 2. The third kappa shape index (κ3) is 6.85. The van der Waals surface area contributed by atoms with Gasteiger partial charge in [-0.05, 0) is 76.2 Å². The predicted octanol–water partition coefficient (Wildman–Crippen LogP) is 5.49. The first-order valence-corrected chi connectivity index (χ1v) is 10.0. The molecule has 1 rings (SSSR count). The summed E-state index contributed by atoms with van der Waals surface area (Å²) < 4.78 is 0. The van der Waals surface area contributed by atoms with Gasteiger partial charge in [0.05, 0.1) is 0 Å². The van der Waals surface area contributed by atoms with E-state index in [1.165, 1.54) is 63.7 Å². The summed E-state index contributed by atoms with van der Waals surface area (Å²) in [6, 6.07) is 0. The molecule has 0 bridgehead atoms. The maximum atomic E-state index is 3.79. The van der Waals surface area contributed by atoms with E-state index in [4.69, 9.17) is 0 Å². The van der Waals surface area contributed by atoms with E-state index in [9.17, 15) is 0 Å². The molecule has 0 aromatic rings. The minimum Gasteiger partial charge on any atom is -0.312 e. The van der Waals surface area contributed by atoms with E-state index in [1.54, 1.807) is 0 Å². The van der Waals surface area contributed by atoms with Crippen LogP contribution in [0.3, 0.4) is 0 Å². The average Bonchev–Trinajstić information content (AvgIpc) is 2.42. The van der Waals surface area contributed by atoms with Crippen LogP contribution in [0.15, 0.2) is 0 Å². The summed E-state index contributed by atoms with van der Waals surface area (Å²) in [5.74, 6) is 2.35. The first-order chi connectivity index (χ1) is 9.41. The van der Waals surface area contributed by atoms with Crippen LogP contribution in [-0.2, 0) is 0 Å². The number of thioether (sulfide) groups is 1. The largest absolute Gasteiger partial charge is 0.312 e. The number of nitrogens with one attached hydrogen (secondary N) is 1. The first kappa shape index (κ1) is 18.4. The molecule has 0 atom stereocenters. The molecule has 1 nitrogen and oxygen atoms in total. The maximum absolute atomic E-state index is 3.79. The van der Waals surface area contributed by atoms with Crippen molar-refractivity contribution in [2.45, 2.75) is 84.6 Å². The lowest BCUT2D eigenvalue weighted by atomic mass is 9.67. The predicted molar refractivity (Wildman–Crippen MR) is 94.7 cm³/mol. The Labute approximate surface area is 132 Å². The van der Waals surface area contributed by atoms with Gasteiger partial charge >= 0.3 is 0 Å². The van der Waals surface area contributed by atoms with Crippen molar-refractivity contribution in [3.8, 4) is 0 Å². The van der Waals surface area contributed by atoms with Crippen molar-refractivity contribution in [3.05, 3.63) is 0 Å². The van der Waals surface area contributed by atoms with Crippen LogP contribution in [-0.4, -0.2) is 24.1 Å². The fourth-order valence-corrected chi connectivity index (χ4v) is 3.99. The number of hydrogen-bond donors (Lipinski definition) is 1. The van der Waals surface area contributed by atoms with Gasteiger partial charge in [0.2, 0.25) is 0 Å². The minimum absolute atomic E-state index is 0.255. The SMILES string of the molecule is CCCCC1CCC(CCSC)(CNC(C)(C)C)CC1. The summed E-state index contributed by atoms with van der Waals surface area (Å²) in [4.78, 5) is 0. The van der Waals surface area contributed by atoms with E-state index in [0.29, 0.717) is 5.41 Å². The summed E-state index contributed by atoms with van der Waals surface area (Å²) in [5.41, 5.74) is 0.838. The topological polar surface area (TPSA) is 12.0 Å². The van der Waals surface area contributed by atoms with E-state index in [1.807, 2.05) is 11.8 Å². The zero-order valence-corrected chi connectivity index (χ0v) is 15.4. The molecule has 0 radical (unpaired) electrons. The molecular weight excluding hydrogens is 262 g/mol. The number of unbranched alkanes of at least 4 members (excludes halogenated alkanes) is 1. The second kappa shape index (κ2) is 8.68. The molecule has 0 aromatic carbocycles. The molecule has 2 heteroatoms. The highest BCUT2D eigenvalue weighted by Gasteiger charge is 2.35. The average molecular weight is 300 g/mol. The Balaban J connectivity index is 2.49. The fourth-order valence-electron chi connectivity index (χ4n) is 3.36. The molecule has 120 valence electrons. The second-order valence-corrected chi connectivity index (χ2v) is 8.92. The summed E-state index contributed by atoms with van der Waals surface area (Å²) in [6.45, 7) is 10.4. The molecule has 1 fully saturated rings. The van der Waals surface area contributed by atoms with Crippen LogP contribution in [0.4, 0.5) is 0 Å². The van der Waals surface area contributed by atoms with Crippen molar-refractivity contribution in [1.29, 1.82) is 0 Å². The standard InChI is InChI=1S/C18H37NS/c1-6-7-8-16-9-11-18(12-10-16,13-14-20-5)15-19-17(2,3)4/h16,19H,6-15H2,1-5H3. The van der Waals surface area contributed by atoms with E-state index in [-0.39, 0.29) is 5.54 Å². The van der Waals surface area contributed by atoms with Crippen LogP contribution in [0.5, 0.6) is 0 Å². The fraction of sp³-hybridized carbons (Fsp3) is 1.00. The lowest BCUT2D eigenvalue weighted by Crippen LogP contribution is -2.45. The van der Waals surface area contributed by atoms with Crippen LogP contribution < -0.4 is 5.32 Å². The first-order valence-electron chi connectivity index (χ1n) is 8.65. The van der Waals surface area contributed by atoms with Gasteiger partial charge in [0.15, 0.2) is 0 Å². The Kier molecular flexibility index (Phi) is 7.97. The highest BCUT2D eigenvalue weighted by molar-refractivity contribution is 7.98. The summed E-state index contributed by atoms with van der Waals surface area (Å²) in [7, 11) is 0. The van der Waals surface area contributed by atoms with Crippen molar-refractivity contribution in [2.75, 3.05) is 18.6 Å². The molecule has 0 saturated heterocycles. The van der Waals surface area contributed by atoms with Crippen molar-refractivity contribution >= 4 is 11.8 Å². The minimum atomic E-state index is 0.255. The molecule has 0 aromatic heterocycles. The molecule has 1 aliphatic rings. The third-order valence-corrected chi connectivity index (χ3v) is 5.57. The molecule has 0 heterocycles. The second-order valence-electron chi connectivity index (χ2n) is 7.93. The van der Waals surface area contributed by atoms with Crippen LogP contribution >= 0.6 is 11.8 Å². The van der Waals surface area contributed by atoms with Crippen LogP contribution in [0, 0.1) is 11.3 Å². The molecule has 20 heavy (non-hydrogen) atoms. The quantitative estimate of drug-likeness (QED) is 0.635. The van der Waals surface area contributed by atoms with Gasteiger partial charge < -0.3 is 5.32 Å². The van der Waals surface area contributed by atoms with Crippen LogP contribution in [0.1, 0.15) is 79.1 Å². The molecule has 0 unspecified atom stereocenters. The molecule has 1 aliphatic carbocycles. The molecule has 0 amide bonds. The van der Waals surface area contributed by atoms with E-state index >= 15 is 0 Å². The van der Waals surface area contributed by atoms with Gasteiger partial charge in [-0.15, -0.1) is 0 Å². The Morgan fingerprint density at radius 2 is 1.85 bits per heavy atom.